The Labute approximate surface area is 168 Å². The van der Waals surface area contributed by atoms with Gasteiger partial charge >= 0.3 is 0 Å². The molecule has 1 aromatic heterocycles. The number of benzene rings is 1. The Kier molecular flexibility index (Phi) is 7.23. The van der Waals surface area contributed by atoms with Crippen molar-refractivity contribution in [2.24, 2.45) is 7.05 Å². The highest BCUT2D eigenvalue weighted by Gasteiger charge is 2.17. The van der Waals surface area contributed by atoms with E-state index in [9.17, 15) is 4.79 Å². The molecule has 1 saturated heterocycles. The monoisotopic (exact) mass is 383 g/mol. The fraction of sp³-hybridized carbons (Fsp3) is 0.545. The van der Waals surface area contributed by atoms with Gasteiger partial charge in [0, 0.05) is 65.0 Å². The molecule has 3 rings (SSSR count). The molecule has 0 spiro atoms. The number of hydrogen-bond donors (Lipinski definition) is 1. The summed E-state index contributed by atoms with van der Waals surface area (Å²) in [5.74, 6) is 0.130. The van der Waals surface area contributed by atoms with Crippen LogP contribution in [0.3, 0.4) is 0 Å². The van der Waals surface area contributed by atoms with Gasteiger partial charge in [0.2, 0.25) is 5.91 Å². The molecule has 1 aliphatic rings. The van der Waals surface area contributed by atoms with Crippen molar-refractivity contribution in [1.29, 1.82) is 0 Å². The molecule has 0 aliphatic carbocycles. The van der Waals surface area contributed by atoms with Crippen LogP contribution in [0.4, 0.5) is 0 Å². The zero-order valence-electron chi connectivity index (χ0n) is 17.4. The van der Waals surface area contributed by atoms with Crippen molar-refractivity contribution < 1.29 is 4.79 Å². The van der Waals surface area contributed by atoms with Gasteiger partial charge in [0.25, 0.3) is 0 Å². The fourth-order valence-corrected chi connectivity index (χ4v) is 3.87. The van der Waals surface area contributed by atoms with Crippen molar-refractivity contribution in [3.8, 4) is 0 Å². The van der Waals surface area contributed by atoms with Gasteiger partial charge in [-0.2, -0.15) is 5.10 Å². The number of nitrogens with one attached hydrogen (secondary N) is 1. The van der Waals surface area contributed by atoms with Crippen LogP contribution in [-0.4, -0.2) is 64.8 Å². The Balaban J connectivity index is 1.31. The highest BCUT2D eigenvalue weighted by atomic mass is 16.1. The number of amides is 1. The third-order valence-corrected chi connectivity index (χ3v) is 5.73. The van der Waals surface area contributed by atoms with E-state index in [2.05, 4.69) is 57.5 Å². The molecule has 6 heteroatoms. The number of aromatic nitrogens is 2. The molecule has 0 unspecified atom stereocenters. The summed E-state index contributed by atoms with van der Waals surface area (Å²) < 4.78 is 1.89. The fourth-order valence-electron chi connectivity index (χ4n) is 3.87. The first-order chi connectivity index (χ1) is 13.5. The molecule has 1 aromatic carbocycles. The van der Waals surface area contributed by atoms with Crippen molar-refractivity contribution in [3.63, 3.8) is 0 Å². The normalized spacial score (nSPS) is 15.7. The van der Waals surface area contributed by atoms with E-state index in [1.54, 1.807) is 0 Å². The van der Waals surface area contributed by atoms with Gasteiger partial charge in [-0.05, 0) is 31.4 Å². The Bertz CT molecular complexity index is 763. The van der Waals surface area contributed by atoms with E-state index in [0.717, 1.165) is 63.6 Å². The molecule has 0 atom stereocenters. The lowest BCUT2D eigenvalue weighted by Crippen LogP contribution is -2.48. The van der Waals surface area contributed by atoms with Crippen molar-refractivity contribution in [2.45, 2.75) is 33.2 Å². The minimum Gasteiger partial charge on any atom is -0.355 e. The van der Waals surface area contributed by atoms with Gasteiger partial charge < -0.3 is 5.32 Å². The first-order valence-corrected chi connectivity index (χ1v) is 10.3. The number of nitrogens with zero attached hydrogens (tertiary/aromatic N) is 4. The van der Waals surface area contributed by atoms with Gasteiger partial charge in [-0.3, -0.25) is 19.3 Å². The van der Waals surface area contributed by atoms with Crippen LogP contribution >= 0.6 is 0 Å². The van der Waals surface area contributed by atoms with Crippen molar-refractivity contribution in [2.75, 3.05) is 39.3 Å². The van der Waals surface area contributed by atoms with E-state index in [0.29, 0.717) is 6.42 Å². The Morgan fingerprint density at radius 3 is 2.39 bits per heavy atom. The maximum Gasteiger partial charge on any atom is 0.220 e. The first kappa shape index (κ1) is 20.6. The molecular formula is C22H33N5O. The Morgan fingerprint density at radius 2 is 1.75 bits per heavy atom. The van der Waals surface area contributed by atoms with Crippen molar-refractivity contribution in [1.82, 2.24) is 24.9 Å². The maximum absolute atomic E-state index is 12.2. The molecule has 6 nitrogen and oxygen atoms in total. The van der Waals surface area contributed by atoms with Gasteiger partial charge in [-0.25, -0.2) is 0 Å². The lowest BCUT2D eigenvalue weighted by atomic mass is 10.1. The maximum atomic E-state index is 12.2. The summed E-state index contributed by atoms with van der Waals surface area (Å²) in [5, 5.41) is 7.49. The van der Waals surface area contributed by atoms with E-state index >= 15 is 0 Å². The number of aryl methyl sites for hydroxylation is 2. The topological polar surface area (TPSA) is 53.4 Å². The molecule has 0 radical (unpaired) electrons. The van der Waals surface area contributed by atoms with Crippen LogP contribution in [0, 0.1) is 13.8 Å². The third-order valence-electron chi connectivity index (χ3n) is 5.73. The quantitative estimate of drug-likeness (QED) is 0.757. The summed E-state index contributed by atoms with van der Waals surface area (Å²) in [6, 6.07) is 10.7. The zero-order valence-corrected chi connectivity index (χ0v) is 17.4. The third kappa shape index (κ3) is 5.66. The van der Waals surface area contributed by atoms with E-state index in [4.69, 9.17) is 0 Å². The van der Waals surface area contributed by atoms with E-state index < -0.39 is 0 Å². The zero-order chi connectivity index (χ0) is 19.9. The molecule has 152 valence electrons. The second kappa shape index (κ2) is 9.85. The summed E-state index contributed by atoms with van der Waals surface area (Å²) in [7, 11) is 1.95. The number of piperazine rings is 1. The summed E-state index contributed by atoms with van der Waals surface area (Å²) in [4.78, 5) is 17.1. The van der Waals surface area contributed by atoms with Gasteiger partial charge in [0.1, 0.15) is 0 Å². The lowest BCUT2D eigenvalue weighted by molar-refractivity contribution is -0.121. The minimum atomic E-state index is 0.130. The molecule has 0 bridgehead atoms. The molecule has 1 aliphatic heterocycles. The summed E-state index contributed by atoms with van der Waals surface area (Å²) >= 11 is 0. The molecule has 2 heterocycles. The standard InChI is InChI=1S/C22H33N5O/c1-18-21(19(2)25(3)24-18)9-10-22(28)23-11-12-26-13-15-27(16-14-26)17-20-7-5-4-6-8-20/h4-8H,9-17H2,1-3H3,(H,23,28). The number of hydrogen-bond acceptors (Lipinski definition) is 4. The predicted molar refractivity (Wildman–Crippen MR) is 112 cm³/mol. The molecule has 0 saturated carbocycles. The van der Waals surface area contributed by atoms with Crippen LogP contribution in [0.5, 0.6) is 0 Å². The van der Waals surface area contributed by atoms with Gasteiger partial charge in [0.05, 0.1) is 5.69 Å². The molecule has 2 aromatic rings. The second-order valence-electron chi connectivity index (χ2n) is 7.73. The van der Waals surface area contributed by atoms with Crippen LogP contribution in [0.2, 0.25) is 0 Å². The Hall–Kier alpha value is -2.18. The van der Waals surface area contributed by atoms with E-state index in [-0.39, 0.29) is 5.91 Å². The lowest BCUT2D eigenvalue weighted by Gasteiger charge is -2.34. The van der Waals surface area contributed by atoms with Crippen LogP contribution in [0.15, 0.2) is 30.3 Å². The van der Waals surface area contributed by atoms with E-state index in [1.165, 1.54) is 11.1 Å². The second-order valence-corrected chi connectivity index (χ2v) is 7.73. The molecular weight excluding hydrogens is 350 g/mol. The average Bonchev–Trinajstić information content (AvgIpc) is 2.94. The predicted octanol–water partition coefficient (Wildman–Crippen LogP) is 1.90. The van der Waals surface area contributed by atoms with Crippen LogP contribution in [0.25, 0.3) is 0 Å². The summed E-state index contributed by atoms with van der Waals surface area (Å²) in [6.45, 7) is 11.1. The Morgan fingerprint density at radius 1 is 1.07 bits per heavy atom. The first-order valence-electron chi connectivity index (χ1n) is 10.3. The van der Waals surface area contributed by atoms with Crippen molar-refractivity contribution >= 4 is 5.91 Å². The summed E-state index contributed by atoms with van der Waals surface area (Å²) in [5.41, 5.74) is 4.76. The van der Waals surface area contributed by atoms with Crippen LogP contribution < -0.4 is 5.32 Å². The van der Waals surface area contributed by atoms with Gasteiger partial charge in [0.15, 0.2) is 0 Å². The smallest absolute Gasteiger partial charge is 0.220 e. The number of rotatable bonds is 8. The van der Waals surface area contributed by atoms with Crippen LogP contribution in [-0.2, 0) is 24.8 Å². The SMILES string of the molecule is Cc1nn(C)c(C)c1CCC(=O)NCCN1CCN(Cc2ccccc2)CC1. The highest BCUT2D eigenvalue weighted by molar-refractivity contribution is 5.76. The molecule has 1 fully saturated rings. The molecule has 28 heavy (non-hydrogen) atoms. The highest BCUT2D eigenvalue weighted by Crippen LogP contribution is 2.14. The van der Waals surface area contributed by atoms with Gasteiger partial charge in [-0.15, -0.1) is 0 Å². The van der Waals surface area contributed by atoms with Crippen molar-refractivity contribution in [3.05, 3.63) is 52.8 Å². The number of carbonyl (C=O) groups is 1. The summed E-state index contributed by atoms with van der Waals surface area (Å²) in [6.07, 6.45) is 1.29. The minimum absolute atomic E-state index is 0.130. The largest absolute Gasteiger partial charge is 0.355 e. The average molecular weight is 384 g/mol. The van der Waals surface area contributed by atoms with E-state index in [1.807, 2.05) is 18.7 Å². The van der Waals surface area contributed by atoms with Gasteiger partial charge in [-0.1, -0.05) is 30.3 Å². The molecule has 1 N–H and O–H groups in total. The van der Waals surface area contributed by atoms with Crippen LogP contribution in [0.1, 0.15) is 28.9 Å². The number of carbonyl (C=O) groups excluding carboxylic acids is 1. The molecule has 1 amide bonds.